The second-order valence-electron chi connectivity index (χ2n) is 3.68. The first-order chi connectivity index (χ1) is 7.25. The van der Waals surface area contributed by atoms with Gasteiger partial charge in [-0.15, -0.1) is 12.4 Å². The van der Waals surface area contributed by atoms with Crippen molar-refractivity contribution in [1.82, 2.24) is 5.32 Å². The van der Waals surface area contributed by atoms with Crippen molar-refractivity contribution in [3.05, 3.63) is 35.4 Å². The van der Waals surface area contributed by atoms with Gasteiger partial charge in [-0.2, -0.15) is 0 Å². The van der Waals surface area contributed by atoms with Crippen LogP contribution in [0.5, 0.6) is 0 Å². The first kappa shape index (κ1) is 12.8. The van der Waals surface area contributed by atoms with Gasteiger partial charge in [0, 0.05) is 12.6 Å². The zero-order valence-electron chi connectivity index (χ0n) is 8.81. The van der Waals surface area contributed by atoms with Crippen molar-refractivity contribution < 1.29 is 9.53 Å². The molecule has 1 aromatic carbocycles. The van der Waals surface area contributed by atoms with Crippen LogP contribution >= 0.6 is 12.4 Å². The van der Waals surface area contributed by atoms with E-state index in [9.17, 15) is 4.79 Å². The molecule has 1 aliphatic rings. The van der Waals surface area contributed by atoms with E-state index in [0.717, 1.165) is 13.0 Å². The molecule has 0 saturated carbocycles. The molecule has 1 atom stereocenters. The Bertz CT molecular complexity index is 371. The molecule has 0 saturated heterocycles. The zero-order valence-corrected chi connectivity index (χ0v) is 9.63. The molecular formula is C11H15ClN2O2. The van der Waals surface area contributed by atoms with E-state index in [0.29, 0.717) is 6.61 Å². The molecule has 0 radical (unpaired) electrons. The van der Waals surface area contributed by atoms with E-state index in [2.05, 4.69) is 17.4 Å². The van der Waals surface area contributed by atoms with Gasteiger partial charge in [0.25, 0.3) is 0 Å². The molecule has 0 aromatic heterocycles. The third-order valence-electron chi connectivity index (χ3n) is 2.59. The lowest BCUT2D eigenvalue weighted by Crippen LogP contribution is -2.40. The molecule has 0 fully saturated rings. The van der Waals surface area contributed by atoms with E-state index in [1.165, 1.54) is 11.1 Å². The van der Waals surface area contributed by atoms with Crippen molar-refractivity contribution in [3.8, 4) is 0 Å². The maximum absolute atomic E-state index is 10.5. The topological polar surface area (TPSA) is 64.4 Å². The molecular weight excluding hydrogens is 228 g/mol. The number of rotatable bonds is 2. The van der Waals surface area contributed by atoms with E-state index in [-0.39, 0.29) is 18.4 Å². The first-order valence-electron chi connectivity index (χ1n) is 4.98. The van der Waals surface area contributed by atoms with Crippen LogP contribution in [0, 0.1) is 0 Å². The van der Waals surface area contributed by atoms with Crippen LogP contribution in [0.15, 0.2) is 24.3 Å². The molecule has 1 aromatic rings. The number of nitrogens with two attached hydrogens (primary N) is 1. The Morgan fingerprint density at radius 3 is 2.81 bits per heavy atom. The highest BCUT2D eigenvalue weighted by Gasteiger charge is 2.18. The molecule has 88 valence electrons. The lowest BCUT2D eigenvalue weighted by Gasteiger charge is -2.25. The number of hydrogen-bond acceptors (Lipinski definition) is 3. The minimum absolute atomic E-state index is 0. The first-order valence-corrected chi connectivity index (χ1v) is 4.98. The van der Waals surface area contributed by atoms with Gasteiger partial charge >= 0.3 is 6.09 Å². The van der Waals surface area contributed by atoms with E-state index < -0.39 is 6.09 Å². The van der Waals surface area contributed by atoms with Crippen molar-refractivity contribution in [2.45, 2.75) is 19.0 Å². The molecule has 3 N–H and O–H groups in total. The summed E-state index contributed by atoms with van der Waals surface area (Å²) >= 11 is 0. The largest absolute Gasteiger partial charge is 0.448 e. The Balaban J connectivity index is 0.00000128. The Morgan fingerprint density at radius 2 is 2.12 bits per heavy atom. The molecule has 0 bridgehead atoms. The minimum atomic E-state index is -0.712. The number of nitrogens with one attached hydrogen (secondary N) is 1. The van der Waals surface area contributed by atoms with Crippen molar-refractivity contribution in [2.24, 2.45) is 5.73 Å². The summed E-state index contributed by atoms with van der Waals surface area (Å²) in [6, 6.07) is 8.44. The Kier molecular flexibility index (Phi) is 4.58. The van der Waals surface area contributed by atoms with Gasteiger partial charge < -0.3 is 15.8 Å². The normalized spacial score (nSPS) is 18.1. The monoisotopic (exact) mass is 242 g/mol. The Morgan fingerprint density at radius 1 is 1.44 bits per heavy atom. The number of hydrogen-bond donors (Lipinski definition) is 2. The van der Waals surface area contributed by atoms with E-state index in [4.69, 9.17) is 10.5 Å². The van der Waals surface area contributed by atoms with E-state index in [1.807, 2.05) is 12.1 Å². The van der Waals surface area contributed by atoms with Gasteiger partial charge in [-0.25, -0.2) is 4.79 Å². The van der Waals surface area contributed by atoms with Crippen LogP contribution in [-0.2, 0) is 17.7 Å². The van der Waals surface area contributed by atoms with Gasteiger partial charge in [-0.05, 0) is 17.5 Å². The number of primary amides is 1. The molecule has 0 unspecified atom stereocenters. The summed E-state index contributed by atoms with van der Waals surface area (Å²) in [5, 5.41) is 3.30. The molecule has 5 heteroatoms. The van der Waals surface area contributed by atoms with Crippen LogP contribution in [0.2, 0.25) is 0 Å². The predicted octanol–water partition coefficient (Wildman–Crippen LogP) is 1.22. The average molecular weight is 243 g/mol. The lowest BCUT2D eigenvalue weighted by atomic mass is 9.96. The SMILES string of the molecule is Cl.NC(=O)OC[C@@H]1Cc2ccccc2CN1. The van der Waals surface area contributed by atoms with Crippen LogP contribution in [0.4, 0.5) is 4.79 Å². The van der Waals surface area contributed by atoms with Crippen molar-refractivity contribution >= 4 is 18.5 Å². The molecule has 16 heavy (non-hydrogen) atoms. The summed E-state index contributed by atoms with van der Waals surface area (Å²) in [5.41, 5.74) is 7.54. The zero-order chi connectivity index (χ0) is 10.7. The van der Waals surface area contributed by atoms with Crippen molar-refractivity contribution in [1.29, 1.82) is 0 Å². The summed E-state index contributed by atoms with van der Waals surface area (Å²) in [6.45, 7) is 1.16. The van der Waals surface area contributed by atoms with Crippen molar-refractivity contribution in [2.75, 3.05) is 6.61 Å². The molecule has 1 heterocycles. The van der Waals surface area contributed by atoms with E-state index >= 15 is 0 Å². The predicted molar refractivity (Wildman–Crippen MR) is 63.6 cm³/mol. The number of carbonyl (C=O) groups is 1. The second-order valence-corrected chi connectivity index (χ2v) is 3.68. The maximum atomic E-state index is 10.5. The number of halogens is 1. The smallest absolute Gasteiger partial charge is 0.404 e. The maximum Gasteiger partial charge on any atom is 0.404 e. The van der Waals surface area contributed by atoms with Crippen LogP contribution in [0.1, 0.15) is 11.1 Å². The molecule has 1 amide bonds. The highest BCUT2D eigenvalue weighted by Crippen LogP contribution is 2.16. The summed E-state index contributed by atoms with van der Waals surface area (Å²) in [7, 11) is 0. The fraction of sp³-hybridized carbons (Fsp3) is 0.364. The summed E-state index contributed by atoms with van der Waals surface area (Å²) in [5.74, 6) is 0. The van der Waals surface area contributed by atoms with Gasteiger partial charge in [0.05, 0.1) is 0 Å². The number of amides is 1. The Hall–Kier alpha value is -1.26. The number of carbonyl (C=O) groups excluding carboxylic acids is 1. The number of fused-ring (bicyclic) bond motifs is 1. The van der Waals surface area contributed by atoms with Crippen LogP contribution in [-0.4, -0.2) is 18.7 Å². The third-order valence-corrected chi connectivity index (χ3v) is 2.59. The molecule has 0 spiro atoms. The van der Waals surface area contributed by atoms with Crippen LogP contribution < -0.4 is 11.1 Å². The van der Waals surface area contributed by atoms with Crippen LogP contribution in [0.3, 0.4) is 0 Å². The molecule has 4 nitrogen and oxygen atoms in total. The van der Waals surface area contributed by atoms with Crippen LogP contribution in [0.25, 0.3) is 0 Å². The fourth-order valence-electron chi connectivity index (χ4n) is 1.82. The summed E-state index contributed by atoms with van der Waals surface area (Å²) in [4.78, 5) is 10.5. The molecule has 2 rings (SSSR count). The van der Waals surface area contributed by atoms with E-state index in [1.54, 1.807) is 0 Å². The van der Waals surface area contributed by atoms with Gasteiger partial charge in [0.15, 0.2) is 0 Å². The highest BCUT2D eigenvalue weighted by atomic mass is 35.5. The van der Waals surface area contributed by atoms with Gasteiger partial charge in [0.2, 0.25) is 0 Å². The summed E-state index contributed by atoms with van der Waals surface area (Å²) < 4.78 is 4.77. The second kappa shape index (κ2) is 5.72. The summed E-state index contributed by atoms with van der Waals surface area (Å²) in [6.07, 6.45) is 0.166. The minimum Gasteiger partial charge on any atom is -0.448 e. The third kappa shape index (κ3) is 3.12. The van der Waals surface area contributed by atoms with Gasteiger partial charge in [-0.3, -0.25) is 0 Å². The average Bonchev–Trinajstić information content (AvgIpc) is 2.26. The molecule has 0 aliphatic carbocycles. The number of ether oxygens (including phenoxy) is 1. The fourth-order valence-corrected chi connectivity index (χ4v) is 1.82. The highest BCUT2D eigenvalue weighted by molar-refractivity contribution is 5.85. The Labute approximate surface area is 101 Å². The van der Waals surface area contributed by atoms with Gasteiger partial charge in [0.1, 0.15) is 6.61 Å². The number of benzene rings is 1. The van der Waals surface area contributed by atoms with Crippen molar-refractivity contribution in [3.63, 3.8) is 0 Å². The van der Waals surface area contributed by atoms with Gasteiger partial charge in [-0.1, -0.05) is 24.3 Å². The standard InChI is InChI=1S/C11H14N2O2.ClH/c12-11(14)15-7-10-5-8-3-1-2-4-9(8)6-13-10;/h1-4,10,13H,5-7H2,(H2,12,14);1H/t10-;/m0./s1. The molecule has 1 aliphatic heterocycles. The lowest BCUT2D eigenvalue weighted by molar-refractivity contribution is 0.141. The quantitative estimate of drug-likeness (QED) is 0.820.